The first-order chi connectivity index (χ1) is 5.86. The van der Waals surface area contributed by atoms with Crippen molar-refractivity contribution < 1.29 is 4.74 Å². The summed E-state index contributed by atoms with van der Waals surface area (Å²) in [4.78, 5) is 0. The lowest BCUT2D eigenvalue weighted by Gasteiger charge is -2.01. The zero-order valence-electron chi connectivity index (χ0n) is 7.42. The molecule has 0 heterocycles. The van der Waals surface area contributed by atoms with E-state index in [1.165, 1.54) is 5.56 Å². The van der Waals surface area contributed by atoms with Crippen LogP contribution in [0.3, 0.4) is 0 Å². The van der Waals surface area contributed by atoms with Crippen molar-refractivity contribution >= 4 is 6.08 Å². The molecule has 0 atom stereocenters. The Kier molecular flexibility index (Phi) is 3.55. The third-order valence-corrected chi connectivity index (χ3v) is 1.69. The number of benzene rings is 1. The number of hydrogen-bond acceptors (Lipinski definition) is 1. The first-order valence-electron chi connectivity index (χ1n) is 4.16. The van der Waals surface area contributed by atoms with Gasteiger partial charge in [-0.05, 0) is 18.1 Å². The molecule has 1 nitrogen and oxygen atoms in total. The molecule has 0 saturated heterocycles. The van der Waals surface area contributed by atoms with Crippen molar-refractivity contribution in [3.05, 3.63) is 42.0 Å². The third kappa shape index (κ3) is 2.51. The maximum absolute atomic E-state index is 5.27. The molecule has 64 valence electrons. The Morgan fingerprint density at radius 2 is 2.00 bits per heavy atom. The van der Waals surface area contributed by atoms with Gasteiger partial charge < -0.3 is 4.74 Å². The normalized spacial score (nSPS) is 9.75. The molecular formula is C11H14O. The lowest BCUT2D eigenvalue weighted by Crippen LogP contribution is -1.90. The highest BCUT2D eigenvalue weighted by Gasteiger charge is 1.90. The fourth-order valence-electron chi connectivity index (χ4n) is 0.970. The van der Waals surface area contributed by atoms with Crippen LogP contribution in [0.1, 0.15) is 18.1 Å². The summed E-state index contributed by atoms with van der Waals surface area (Å²) >= 11 is 0. The Hall–Kier alpha value is -1.08. The van der Waals surface area contributed by atoms with Crippen molar-refractivity contribution in [2.24, 2.45) is 0 Å². The van der Waals surface area contributed by atoms with Gasteiger partial charge in [-0.3, -0.25) is 0 Å². The van der Waals surface area contributed by atoms with E-state index in [0.717, 1.165) is 12.2 Å². The Balaban J connectivity index is 2.58. The average molecular weight is 162 g/mol. The summed E-state index contributed by atoms with van der Waals surface area (Å²) < 4.78 is 5.27. The van der Waals surface area contributed by atoms with E-state index in [-0.39, 0.29) is 0 Å². The van der Waals surface area contributed by atoms with E-state index in [1.54, 1.807) is 0 Å². The molecule has 0 N–H and O–H groups in total. The Labute approximate surface area is 73.7 Å². The smallest absolute Gasteiger partial charge is 0.0716 e. The van der Waals surface area contributed by atoms with Crippen molar-refractivity contribution in [3.63, 3.8) is 0 Å². The number of ether oxygens (including phenoxy) is 1. The predicted octanol–water partition coefficient (Wildman–Crippen LogP) is 2.87. The molecule has 0 bridgehead atoms. The van der Waals surface area contributed by atoms with Crippen LogP contribution in [0.25, 0.3) is 6.08 Å². The first-order valence-corrected chi connectivity index (χ1v) is 4.16. The SMILES string of the molecule is C=Cc1ccc(COCC)cc1. The summed E-state index contributed by atoms with van der Waals surface area (Å²) in [6.07, 6.45) is 1.84. The molecular weight excluding hydrogens is 148 g/mol. The molecule has 1 aromatic rings. The minimum atomic E-state index is 0.702. The van der Waals surface area contributed by atoms with Gasteiger partial charge in [-0.25, -0.2) is 0 Å². The molecule has 0 spiro atoms. The molecule has 0 radical (unpaired) electrons. The molecule has 0 aliphatic carbocycles. The van der Waals surface area contributed by atoms with Gasteiger partial charge in [-0.1, -0.05) is 36.9 Å². The van der Waals surface area contributed by atoms with Crippen LogP contribution in [0, 0.1) is 0 Å². The minimum absolute atomic E-state index is 0.702. The lowest BCUT2D eigenvalue weighted by atomic mass is 10.1. The zero-order chi connectivity index (χ0) is 8.81. The second-order valence-electron chi connectivity index (χ2n) is 2.58. The van der Waals surface area contributed by atoms with Gasteiger partial charge in [-0.15, -0.1) is 0 Å². The van der Waals surface area contributed by atoms with Gasteiger partial charge in [0.05, 0.1) is 6.61 Å². The fourth-order valence-corrected chi connectivity index (χ4v) is 0.970. The highest BCUT2D eigenvalue weighted by atomic mass is 16.5. The molecule has 1 rings (SSSR count). The molecule has 0 amide bonds. The van der Waals surface area contributed by atoms with E-state index < -0.39 is 0 Å². The van der Waals surface area contributed by atoms with Crippen LogP contribution in [0.15, 0.2) is 30.8 Å². The topological polar surface area (TPSA) is 9.23 Å². The molecule has 0 aliphatic heterocycles. The molecule has 0 aliphatic rings. The summed E-state index contributed by atoms with van der Waals surface area (Å²) in [6.45, 7) is 7.16. The summed E-state index contributed by atoms with van der Waals surface area (Å²) in [7, 11) is 0. The van der Waals surface area contributed by atoms with Crippen molar-refractivity contribution in [2.45, 2.75) is 13.5 Å². The van der Waals surface area contributed by atoms with Crippen molar-refractivity contribution in [2.75, 3.05) is 6.61 Å². The molecule has 0 unspecified atom stereocenters. The summed E-state index contributed by atoms with van der Waals surface area (Å²) in [6, 6.07) is 8.21. The standard InChI is InChI=1S/C11H14O/c1-3-10-5-7-11(8-6-10)9-12-4-2/h3,5-8H,1,4,9H2,2H3. The van der Waals surface area contributed by atoms with E-state index in [9.17, 15) is 0 Å². The second kappa shape index (κ2) is 4.73. The van der Waals surface area contributed by atoms with Crippen LogP contribution in [0.2, 0.25) is 0 Å². The van der Waals surface area contributed by atoms with E-state index in [1.807, 2.05) is 25.1 Å². The van der Waals surface area contributed by atoms with Gasteiger partial charge in [0, 0.05) is 6.61 Å². The summed E-state index contributed by atoms with van der Waals surface area (Å²) in [5.74, 6) is 0. The molecule has 1 aromatic carbocycles. The fraction of sp³-hybridized carbons (Fsp3) is 0.273. The van der Waals surface area contributed by atoms with Gasteiger partial charge in [0.15, 0.2) is 0 Å². The van der Waals surface area contributed by atoms with Crippen LogP contribution < -0.4 is 0 Å². The van der Waals surface area contributed by atoms with E-state index in [2.05, 4.69) is 18.7 Å². The zero-order valence-corrected chi connectivity index (χ0v) is 7.42. The van der Waals surface area contributed by atoms with Crippen LogP contribution >= 0.6 is 0 Å². The van der Waals surface area contributed by atoms with Gasteiger partial charge in [0.2, 0.25) is 0 Å². The summed E-state index contributed by atoms with van der Waals surface area (Å²) in [5.41, 5.74) is 2.36. The van der Waals surface area contributed by atoms with Gasteiger partial charge in [0.25, 0.3) is 0 Å². The van der Waals surface area contributed by atoms with Crippen molar-refractivity contribution in [3.8, 4) is 0 Å². The minimum Gasteiger partial charge on any atom is -0.377 e. The number of hydrogen-bond donors (Lipinski definition) is 0. The van der Waals surface area contributed by atoms with Gasteiger partial charge in [-0.2, -0.15) is 0 Å². The maximum atomic E-state index is 5.27. The average Bonchev–Trinajstić information content (AvgIpc) is 2.15. The maximum Gasteiger partial charge on any atom is 0.0716 e. The largest absolute Gasteiger partial charge is 0.377 e. The molecule has 0 aromatic heterocycles. The summed E-state index contributed by atoms with van der Waals surface area (Å²) in [5, 5.41) is 0. The third-order valence-electron chi connectivity index (χ3n) is 1.69. The van der Waals surface area contributed by atoms with Crippen molar-refractivity contribution in [1.82, 2.24) is 0 Å². The lowest BCUT2D eigenvalue weighted by molar-refractivity contribution is 0.134. The van der Waals surface area contributed by atoms with Crippen molar-refractivity contribution in [1.29, 1.82) is 0 Å². The monoisotopic (exact) mass is 162 g/mol. The highest BCUT2D eigenvalue weighted by Crippen LogP contribution is 2.06. The number of rotatable bonds is 4. The second-order valence-corrected chi connectivity index (χ2v) is 2.58. The molecule has 12 heavy (non-hydrogen) atoms. The Morgan fingerprint density at radius 3 is 2.50 bits per heavy atom. The van der Waals surface area contributed by atoms with Gasteiger partial charge >= 0.3 is 0 Å². The van der Waals surface area contributed by atoms with E-state index in [0.29, 0.717) is 6.61 Å². The van der Waals surface area contributed by atoms with Crippen LogP contribution in [0.4, 0.5) is 0 Å². The first kappa shape index (κ1) is 9.01. The highest BCUT2D eigenvalue weighted by molar-refractivity contribution is 5.47. The molecule has 0 saturated carbocycles. The van der Waals surface area contributed by atoms with Crippen LogP contribution in [-0.4, -0.2) is 6.61 Å². The van der Waals surface area contributed by atoms with Crippen LogP contribution in [-0.2, 0) is 11.3 Å². The molecule has 1 heteroatoms. The predicted molar refractivity (Wildman–Crippen MR) is 51.9 cm³/mol. The van der Waals surface area contributed by atoms with E-state index >= 15 is 0 Å². The Morgan fingerprint density at radius 1 is 1.33 bits per heavy atom. The Bertz CT molecular complexity index is 236. The quantitative estimate of drug-likeness (QED) is 0.661. The van der Waals surface area contributed by atoms with Crippen LogP contribution in [0.5, 0.6) is 0 Å². The molecule has 0 fully saturated rings. The van der Waals surface area contributed by atoms with E-state index in [4.69, 9.17) is 4.74 Å². The van der Waals surface area contributed by atoms with Gasteiger partial charge in [0.1, 0.15) is 0 Å².